The largest absolute Gasteiger partial charge is 0.289 e. The monoisotopic (exact) mass is 149 g/mol. The van der Waals surface area contributed by atoms with Gasteiger partial charge in [0.1, 0.15) is 0 Å². The summed E-state index contributed by atoms with van der Waals surface area (Å²) in [7, 11) is 0. The van der Waals surface area contributed by atoms with Crippen LogP contribution in [0.2, 0.25) is 0 Å². The fourth-order valence-electron chi connectivity index (χ4n) is 2.10. The number of aliphatic imine (C=N–C) groups is 1. The van der Waals surface area contributed by atoms with Gasteiger partial charge >= 0.3 is 0 Å². The Morgan fingerprint density at radius 3 is 2.64 bits per heavy atom. The highest BCUT2D eigenvalue weighted by atomic mass is 14.7. The van der Waals surface area contributed by atoms with E-state index in [0.29, 0.717) is 0 Å². The minimum absolute atomic E-state index is 0.881. The summed E-state index contributed by atoms with van der Waals surface area (Å²) >= 11 is 0. The minimum atomic E-state index is 0.881. The average Bonchev–Trinajstić information content (AvgIpc) is 2.58. The first kappa shape index (κ1) is 7.08. The van der Waals surface area contributed by atoms with Gasteiger partial charge in [0.15, 0.2) is 0 Å². The SMILES string of the molecule is C1=NCC(C2CCCCC2)=C1. The van der Waals surface area contributed by atoms with Crippen LogP contribution >= 0.6 is 0 Å². The second-order valence-corrected chi connectivity index (χ2v) is 3.57. The fraction of sp³-hybridized carbons (Fsp3) is 0.700. The van der Waals surface area contributed by atoms with E-state index in [4.69, 9.17) is 0 Å². The van der Waals surface area contributed by atoms with E-state index in [9.17, 15) is 0 Å². The summed E-state index contributed by atoms with van der Waals surface area (Å²) < 4.78 is 0. The van der Waals surface area contributed by atoms with Gasteiger partial charge in [-0.15, -0.1) is 0 Å². The first-order valence-corrected chi connectivity index (χ1v) is 4.66. The number of allylic oxidation sites excluding steroid dienone is 1. The van der Waals surface area contributed by atoms with Crippen LogP contribution in [0.3, 0.4) is 0 Å². The maximum atomic E-state index is 4.22. The molecule has 2 rings (SSSR count). The van der Waals surface area contributed by atoms with Crippen LogP contribution in [0, 0.1) is 5.92 Å². The molecule has 1 saturated carbocycles. The molecule has 0 aromatic carbocycles. The lowest BCUT2D eigenvalue weighted by atomic mass is 9.84. The van der Waals surface area contributed by atoms with Gasteiger partial charge in [0.05, 0.1) is 6.54 Å². The summed E-state index contributed by atoms with van der Waals surface area (Å²) in [5.74, 6) is 0.881. The summed E-state index contributed by atoms with van der Waals surface area (Å²) in [5.41, 5.74) is 1.59. The van der Waals surface area contributed by atoms with Gasteiger partial charge in [-0.25, -0.2) is 0 Å². The Morgan fingerprint density at radius 2 is 2.00 bits per heavy atom. The average molecular weight is 149 g/mol. The molecular formula is C10H15N. The molecule has 1 nitrogen and oxygen atoms in total. The van der Waals surface area contributed by atoms with E-state index >= 15 is 0 Å². The van der Waals surface area contributed by atoms with E-state index in [2.05, 4.69) is 11.1 Å². The molecule has 0 spiro atoms. The first-order valence-electron chi connectivity index (χ1n) is 4.66. The van der Waals surface area contributed by atoms with Gasteiger partial charge in [0, 0.05) is 6.21 Å². The van der Waals surface area contributed by atoms with Crippen molar-refractivity contribution in [2.75, 3.05) is 6.54 Å². The lowest BCUT2D eigenvalue weighted by molar-refractivity contribution is 0.401. The first-order chi connectivity index (χ1) is 5.47. The van der Waals surface area contributed by atoms with Crippen LogP contribution in [-0.4, -0.2) is 12.8 Å². The Kier molecular flexibility index (Phi) is 2.06. The van der Waals surface area contributed by atoms with Gasteiger partial charge < -0.3 is 0 Å². The highest BCUT2D eigenvalue weighted by Crippen LogP contribution is 2.30. The zero-order valence-corrected chi connectivity index (χ0v) is 6.92. The van der Waals surface area contributed by atoms with Crippen LogP contribution in [0.15, 0.2) is 16.6 Å². The van der Waals surface area contributed by atoms with Crippen molar-refractivity contribution in [1.82, 2.24) is 0 Å². The van der Waals surface area contributed by atoms with Crippen LogP contribution in [-0.2, 0) is 0 Å². The molecule has 1 aliphatic heterocycles. The Labute approximate surface area is 68.2 Å². The second kappa shape index (κ2) is 3.21. The van der Waals surface area contributed by atoms with Gasteiger partial charge in [-0.1, -0.05) is 19.3 Å². The number of rotatable bonds is 1. The summed E-state index contributed by atoms with van der Waals surface area (Å²) in [5, 5.41) is 0. The lowest BCUT2D eigenvalue weighted by Crippen LogP contribution is -2.09. The Morgan fingerprint density at radius 1 is 1.18 bits per heavy atom. The van der Waals surface area contributed by atoms with Crippen molar-refractivity contribution in [3.8, 4) is 0 Å². The lowest BCUT2D eigenvalue weighted by Gasteiger charge is -2.22. The van der Waals surface area contributed by atoms with Crippen LogP contribution in [0.4, 0.5) is 0 Å². The van der Waals surface area contributed by atoms with Crippen LogP contribution < -0.4 is 0 Å². The molecule has 1 aliphatic carbocycles. The predicted molar refractivity (Wildman–Crippen MR) is 48.0 cm³/mol. The predicted octanol–water partition coefficient (Wildman–Crippen LogP) is 2.58. The molecule has 0 amide bonds. The number of hydrogen-bond donors (Lipinski definition) is 0. The Bertz CT molecular complexity index is 185. The van der Waals surface area contributed by atoms with Gasteiger partial charge in [0.2, 0.25) is 0 Å². The van der Waals surface area contributed by atoms with Gasteiger partial charge in [-0.3, -0.25) is 4.99 Å². The summed E-state index contributed by atoms with van der Waals surface area (Å²) in [6.07, 6.45) is 11.3. The van der Waals surface area contributed by atoms with Crippen LogP contribution in [0.25, 0.3) is 0 Å². The highest BCUT2D eigenvalue weighted by molar-refractivity contribution is 5.75. The molecule has 0 saturated heterocycles. The highest BCUT2D eigenvalue weighted by Gasteiger charge is 2.17. The molecule has 1 heteroatoms. The maximum absolute atomic E-state index is 4.22. The molecule has 1 heterocycles. The topological polar surface area (TPSA) is 12.4 Å². The van der Waals surface area contributed by atoms with Crippen molar-refractivity contribution in [1.29, 1.82) is 0 Å². The van der Waals surface area contributed by atoms with Crippen LogP contribution in [0.1, 0.15) is 32.1 Å². The zero-order valence-electron chi connectivity index (χ0n) is 6.92. The molecule has 0 aromatic rings. The molecule has 1 fully saturated rings. The van der Waals surface area contributed by atoms with Crippen molar-refractivity contribution in [2.24, 2.45) is 10.9 Å². The molecule has 0 unspecified atom stereocenters. The summed E-state index contributed by atoms with van der Waals surface area (Å²) in [4.78, 5) is 4.22. The van der Waals surface area contributed by atoms with E-state index in [-0.39, 0.29) is 0 Å². The van der Waals surface area contributed by atoms with Crippen molar-refractivity contribution in [2.45, 2.75) is 32.1 Å². The molecule has 60 valence electrons. The van der Waals surface area contributed by atoms with E-state index < -0.39 is 0 Å². The number of hydrogen-bond acceptors (Lipinski definition) is 1. The van der Waals surface area contributed by atoms with Crippen molar-refractivity contribution in [3.63, 3.8) is 0 Å². The third kappa shape index (κ3) is 1.52. The summed E-state index contributed by atoms with van der Waals surface area (Å²) in [6.45, 7) is 0.991. The van der Waals surface area contributed by atoms with E-state index in [1.54, 1.807) is 5.57 Å². The van der Waals surface area contributed by atoms with Gasteiger partial charge in [-0.05, 0) is 30.4 Å². The standard InChI is InChI=1S/C10H15N/c1-2-4-9(5-3-1)10-6-7-11-8-10/h6-7,9H,1-5,8H2. The Hall–Kier alpha value is -0.590. The second-order valence-electron chi connectivity index (χ2n) is 3.57. The molecule has 0 atom stereocenters. The Balaban J connectivity index is 1.93. The number of nitrogens with zero attached hydrogens (tertiary/aromatic N) is 1. The van der Waals surface area contributed by atoms with Gasteiger partial charge in [0.25, 0.3) is 0 Å². The summed E-state index contributed by atoms with van der Waals surface area (Å²) in [6, 6.07) is 0. The molecule has 11 heavy (non-hydrogen) atoms. The third-order valence-electron chi connectivity index (χ3n) is 2.80. The van der Waals surface area contributed by atoms with Crippen LogP contribution in [0.5, 0.6) is 0 Å². The smallest absolute Gasteiger partial charge is 0.0605 e. The van der Waals surface area contributed by atoms with E-state index in [1.807, 2.05) is 6.21 Å². The molecular weight excluding hydrogens is 134 g/mol. The fourth-order valence-corrected chi connectivity index (χ4v) is 2.10. The van der Waals surface area contributed by atoms with E-state index in [0.717, 1.165) is 12.5 Å². The molecule has 0 bridgehead atoms. The van der Waals surface area contributed by atoms with Crippen molar-refractivity contribution in [3.05, 3.63) is 11.6 Å². The molecule has 0 N–H and O–H groups in total. The quantitative estimate of drug-likeness (QED) is 0.543. The van der Waals surface area contributed by atoms with E-state index in [1.165, 1.54) is 32.1 Å². The normalized spacial score (nSPS) is 25.6. The third-order valence-corrected chi connectivity index (χ3v) is 2.80. The molecule has 0 aromatic heterocycles. The van der Waals surface area contributed by atoms with Crippen molar-refractivity contribution < 1.29 is 0 Å². The molecule has 0 radical (unpaired) electrons. The van der Waals surface area contributed by atoms with Gasteiger partial charge in [-0.2, -0.15) is 0 Å². The van der Waals surface area contributed by atoms with Crippen molar-refractivity contribution >= 4 is 6.21 Å². The zero-order chi connectivity index (χ0) is 7.52. The molecule has 2 aliphatic rings. The maximum Gasteiger partial charge on any atom is 0.0605 e. The minimum Gasteiger partial charge on any atom is -0.289 e.